The van der Waals surface area contributed by atoms with Crippen LogP contribution in [0.5, 0.6) is 0 Å². The number of imidazole rings is 1. The summed E-state index contributed by atoms with van der Waals surface area (Å²) in [6.45, 7) is 2.00. The molecule has 5 aromatic rings. The highest BCUT2D eigenvalue weighted by Crippen LogP contribution is 2.23. The second kappa shape index (κ2) is 7.17. The van der Waals surface area contributed by atoms with Crippen molar-refractivity contribution < 1.29 is 0 Å². The molecular formula is C20H18N10. The highest BCUT2D eigenvalue weighted by atomic mass is 15.3. The van der Waals surface area contributed by atoms with E-state index < -0.39 is 0 Å². The summed E-state index contributed by atoms with van der Waals surface area (Å²) in [7, 11) is 0. The van der Waals surface area contributed by atoms with Crippen LogP contribution in [0.25, 0.3) is 11.3 Å². The van der Waals surface area contributed by atoms with Gasteiger partial charge in [0.05, 0.1) is 5.69 Å². The summed E-state index contributed by atoms with van der Waals surface area (Å²) in [6, 6.07) is 11.5. The number of benzene rings is 1. The molecular weight excluding hydrogens is 380 g/mol. The third-order valence-electron chi connectivity index (χ3n) is 4.42. The van der Waals surface area contributed by atoms with Crippen LogP contribution >= 0.6 is 0 Å². The third kappa shape index (κ3) is 3.61. The number of hydrogen-bond acceptors (Lipinski definition) is 8. The number of aromatic nitrogens is 7. The summed E-state index contributed by atoms with van der Waals surface area (Å²) in [5.74, 6) is 1.31. The first-order chi connectivity index (χ1) is 14.6. The van der Waals surface area contributed by atoms with Gasteiger partial charge in [-0.1, -0.05) is 0 Å². The van der Waals surface area contributed by atoms with Crippen LogP contribution in [0.15, 0.2) is 67.6 Å². The first-order valence-electron chi connectivity index (χ1n) is 9.20. The molecule has 0 spiro atoms. The molecule has 10 nitrogen and oxygen atoms in total. The van der Waals surface area contributed by atoms with Gasteiger partial charge in [-0.2, -0.15) is 15.1 Å². The molecule has 0 atom stereocenters. The molecule has 0 bridgehead atoms. The number of nitrogens with zero attached hydrogens (tertiary/aromatic N) is 7. The van der Waals surface area contributed by atoms with E-state index >= 15 is 0 Å². The minimum atomic E-state index is 0.348. The summed E-state index contributed by atoms with van der Waals surface area (Å²) in [5.41, 5.74) is 10.4. The minimum Gasteiger partial charge on any atom is -0.383 e. The molecule has 148 valence electrons. The zero-order chi connectivity index (χ0) is 20.5. The number of nitrogens with two attached hydrogens (primary N) is 1. The summed E-state index contributed by atoms with van der Waals surface area (Å²) in [5, 5.41) is 10.6. The Morgan fingerprint density at radius 1 is 0.967 bits per heavy atom. The molecule has 4 aromatic heterocycles. The summed E-state index contributed by atoms with van der Waals surface area (Å²) in [4.78, 5) is 17.1. The highest BCUT2D eigenvalue weighted by Gasteiger charge is 2.07. The number of aryl methyl sites for hydroxylation is 1. The van der Waals surface area contributed by atoms with Crippen LogP contribution in [0.1, 0.15) is 5.56 Å². The van der Waals surface area contributed by atoms with Crippen molar-refractivity contribution in [1.82, 2.24) is 34.1 Å². The molecule has 10 heteroatoms. The van der Waals surface area contributed by atoms with Gasteiger partial charge in [-0.3, -0.25) is 0 Å². The van der Waals surface area contributed by atoms with Crippen LogP contribution < -0.4 is 16.4 Å². The number of fused-ring (bicyclic) bond motifs is 1. The number of nitrogens with one attached hydrogen (secondary N) is 2. The highest BCUT2D eigenvalue weighted by molar-refractivity contribution is 5.66. The van der Waals surface area contributed by atoms with Gasteiger partial charge in [-0.15, -0.1) is 0 Å². The monoisotopic (exact) mass is 398 g/mol. The van der Waals surface area contributed by atoms with Gasteiger partial charge in [-0.25, -0.2) is 14.6 Å². The van der Waals surface area contributed by atoms with Crippen LogP contribution in [0.3, 0.4) is 0 Å². The lowest BCUT2D eigenvalue weighted by molar-refractivity contribution is 0.878. The Hall–Kier alpha value is -4.47. The normalized spacial score (nSPS) is 11.0. The van der Waals surface area contributed by atoms with E-state index in [1.54, 1.807) is 23.3 Å². The van der Waals surface area contributed by atoms with Crippen molar-refractivity contribution in [1.29, 1.82) is 0 Å². The zero-order valence-electron chi connectivity index (χ0n) is 16.1. The molecule has 30 heavy (non-hydrogen) atoms. The molecule has 4 N–H and O–H groups in total. The topological polar surface area (TPSA) is 124 Å². The predicted molar refractivity (Wildman–Crippen MR) is 114 cm³/mol. The van der Waals surface area contributed by atoms with Gasteiger partial charge in [0.2, 0.25) is 5.95 Å². The van der Waals surface area contributed by atoms with Crippen molar-refractivity contribution in [3.8, 4) is 5.69 Å². The van der Waals surface area contributed by atoms with Gasteiger partial charge in [0.1, 0.15) is 29.9 Å². The number of nitrogen functional groups attached to an aromatic ring is 1. The van der Waals surface area contributed by atoms with Crippen molar-refractivity contribution in [3.63, 3.8) is 0 Å². The minimum absolute atomic E-state index is 0.348. The molecule has 0 aliphatic heterocycles. The molecule has 0 aliphatic carbocycles. The van der Waals surface area contributed by atoms with Gasteiger partial charge >= 0.3 is 0 Å². The predicted octanol–water partition coefficient (Wildman–Crippen LogP) is 3.08. The van der Waals surface area contributed by atoms with Crippen molar-refractivity contribution in [2.75, 3.05) is 16.4 Å². The van der Waals surface area contributed by atoms with Gasteiger partial charge in [0, 0.05) is 42.1 Å². The molecule has 0 fully saturated rings. The maximum absolute atomic E-state index is 6.01. The summed E-state index contributed by atoms with van der Waals surface area (Å²) in [6.07, 6.45) is 8.70. The van der Waals surface area contributed by atoms with E-state index in [9.17, 15) is 0 Å². The van der Waals surface area contributed by atoms with Crippen molar-refractivity contribution in [2.45, 2.75) is 6.92 Å². The molecule has 4 heterocycles. The van der Waals surface area contributed by atoms with Crippen molar-refractivity contribution >= 4 is 34.6 Å². The van der Waals surface area contributed by atoms with E-state index in [2.05, 4.69) is 35.7 Å². The zero-order valence-corrected chi connectivity index (χ0v) is 16.1. The fraction of sp³-hybridized carbons (Fsp3) is 0.0500. The van der Waals surface area contributed by atoms with Gasteiger partial charge in [0.15, 0.2) is 0 Å². The van der Waals surface area contributed by atoms with Crippen LogP contribution in [0.2, 0.25) is 0 Å². The molecule has 5 rings (SSSR count). The molecule has 0 radical (unpaired) electrons. The van der Waals surface area contributed by atoms with Gasteiger partial charge in [0.25, 0.3) is 0 Å². The quantitative estimate of drug-likeness (QED) is 0.413. The standard InChI is InChI=1S/C20H18N10/c1-13-6-15(8-16(7-13)30-12-22-11-24-30)26-20-27-17(21)10-18(28-20)25-14-2-4-29-5-3-23-19(29)9-14/h2-12H,1H3,(H4,21,25,26,27,28). The largest absolute Gasteiger partial charge is 0.383 e. The Kier molecular flexibility index (Phi) is 4.21. The number of rotatable bonds is 5. The average Bonchev–Trinajstić information content (AvgIpc) is 3.39. The van der Waals surface area contributed by atoms with E-state index in [1.165, 1.54) is 6.33 Å². The first-order valence-corrected chi connectivity index (χ1v) is 9.20. The van der Waals surface area contributed by atoms with E-state index in [0.717, 1.165) is 28.3 Å². The molecule has 0 amide bonds. The summed E-state index contributed by atoms with van der Waals surface area (Å²) >= 11 is 0. The third-order valence-corrected chi connectivity index (χ3v) is 4.42. The van der Waals surface area contributed by atoms with Crippen LogP contribution in [0.4, 0.5) is 29.0 Å². The van der Waals surface area contributed by atoms with Crippen molar-refractivity contribution in [3.05, 3.63) is 73.2 Å². The van der Waals surface area contributed by atoms with Crippen LogP contribution in [0, 0.1) is 6.92 Å². The Morgan fingerprint density at radius 2 is 1.90 bits per heavy atom. The first kappa shape index (κ1) is 17.6. The number of pyridine rings is 1. The van der Waals surface area contributed by atoms with E-state index in [0.29, 0.717) is 17.6 Å². The lowest BCUT2D eigenvalue weighted by atomic mass is 10.2. The molecule has 0 aliphatic rings. The Labute approximate surface area is 171 Å². The fourth-order valence-corrected chi connectivity index (χ4v) is 3.16. The fourth-order valence-electron chi connectivity index (χ4n) is 3.16. The van der Waals surface area contributed by atoms with Crippen LogP contribution in [-0.4, -0.2) is 34.1 Å². The van der Waals surface area contributed by atoms with E-state index in [-0.39, 0.29) is 0 Å². The molecule has 0 unspecified atom stereocenters. The molecule has 0 saturated heterocycles. The maximum Gasteiger partial charge on any atom is 0.231 e. The Morgan fingerprint density at radius 3 is 2.77 bits per heavy atom. The average molecular weight is 398 g/mol. The molecule has 0 saturated carbocycles. The second-order valence-electron chi connectivity index (χ2n) is 6.76. The Bertz CT molecular complexity index is 1320. The van der Waals surface area contributed by atoms with Gasteiger partial charge < -0.3 is 20.8 Å². The lowest BCUT2D eigenvalue weighted by Crippen LogP contribution is -2.05. The Balaban J connectivity index is 1.42. The number of anilines is 5. The van der Waals surface area contributed by atoms with Crippen LogP contribution in [-0.2, 0) is 0 Å². The number of hydrogen-bond donors (Lipinski definition) is 3. The van der Waals surface area contributed by atoms with Gasteiger partial charge in [-0.05, 0) is 36.8 Å². The van der Waals surface area contributed by atoms with E-state index in [1.807, 2.05) is 54.0 Å². The summed E-state index contributed by atoms with van der Waals surface area (Å²) < 4.78 is 3.62. The lowest BCUT2D eigenvalue weighted by Gasteiger charge is -2.12. The van der Waals surface area contributed by atoms with Crippen molar-refractivity contribution in [2.24, 2.45) is 0 Å². The SMILES string of the molecule is Cc1cc(Nc2nc(N)cc(Nc3ccn4ccnc4c3)n2)cc(-n2cncn2)c1. The van der Waals surface area contributed by atoms with E-state index in [4.69, 9.17) is 5.73 Å². The maximum atomic E-state index is 6.01. The second-order valence-corrected chi connectivity index (χ2v) is 6.76. The smallest absolute Gasteiger partial charge is 0.231 e. The molecule has 1 aromatic carbocycles.